The Labute approximate surface area is 128 Å². The van der Waals surface area contributed by atoms with Gasteiger partial charge in [-0.2, -0.15) is 10.2 Å². The Morgan fingerprint density at radius 1 is 1.27 bits per heavy atom. The molecule has 1 unspecified atom stereocenters. The van der Waals surface area contributed by atoms with Crippen molar-refractivity contribution in [2.75, 3.05) is 0 Å². The molecule has 0 saturated carbocycles. The van der Waals surface area contributed by atoms with Gasteiger partial charge in [-0.25, -0.2) is 9.07 Å². The van der Waals surface area contributed by atoms with Crippen LogP contribution >= 0.6 is 0 Å². The maximum atomic E-state index is 13.2. The van der Waals surface area contributed by atoms with Crippen molar-refractivity contribution in [1.82, 2.24) is 24.9 Å². The van der Waals surface area contributed by atoms with E-state index in [1.54, 1.807) is 23.1 Å². The number of nitrogens with zero attached hydrogens (tertiary/aromatic N) is 4. The lowest BCUT2D eigenvalue weighted by atomic mass is 10.3. The smallest absolute Gasteiger partial charge is 0.125 e. The molecule has 5 nitrogen and oxygen atoms in total. The molecule has 3 aromatic rings. The summed E-state index contributed by atoms with van der Waals surface area (Å²) in [5.74, 6) is -0.263. The monoisotopic (exact) mass is 299 g/mol. The quantitative estimate of drug-likeness (QED) is 0.760. The van der Waals surface area contributed by atoms with Crippen molar-refractivity contribution in [2.45, 2.75) is 26.1 Å². The van der Waals surface area contributed by atoms with Crippen LogP contribution in [0.1, 0.15) is 12.5 Å². The van der Waals surface area contributed by atoms with Crippen molar-refractivity contribution in [3.8, 4) is 5.69 Å². The average Bonchev–Trinajstić information content (AvgIpc) is 3.16. The first-order chi connectivity index (χ1) is 10.7. The molecule has 1 N–H and O–H groups in total. The Morgan fingerprint density at radius 2 is 2.18 bits per heavy atom. The van der Waals surface area contributed by atoms with Crippen LogP contribution in [-0.4, -0.2) is 25.6 Å². The van der Waals surface area contributed by atoms with E-state index in [0.29, 0.717) is 6.54 Å². The van der Waals surface area contributed by atoms with E-state index in [1.807, 2.05) is 29.2 Å². The minimum absolute atomic E-state index is 0.263. The Hall–Kier alpha value is -2.47. The zero-order valence-corrected chi connectivity index (χ0v) is 12.4. The molecular weight excluding hydrogens is 281 g/mol. The van der Waals surface area contributed by atoms with Crippen LogP contribution < -0.4 is 5.32 Å². The number of aromatic nitrogens is 4. The highest BCUT2D eigenvalue weighted by atomic mass is 19.1. The van der Waals surface area contributed by atoms with E-state index in [0.717, 1.165) is 17.8 Å². The molecule has 0 radical (unpaired) electrons. The van der Waals surface area contributed by atoms with Crippen LogP contribution in [0.5, 0.6) is 0 Å². The van der Waals surface area contributed by atoms with E-state index >= 15 is 0 Å². The van der Waals surface area contributed by atoms with Crippen LogP contribution in [-0.2, 0) is 13.1 Å². The molecule has 0 fully saturated rings. The summed E-state index contributed by atoms with van der Waals surface area (Å²) in [5.41, 5.74) is 1.77. The summed E-state index contributed by atoms with van der Waals surface area (Å²) in [7, 11) is 0. The van der Waals surface area contributed by atoms with Gasteiger partial charge in [-0.15, -0.1) is 0 Å². The minimum atomic E-state index is -0.263. The first-order valence-corrected chi connectivity index (χ1v) is 7.21. The van der Waals surface area contributed by atoms with E-state index in [1.165, 1.54) is 12.1 Å². The van der Waals surface area contributed by atoms with Gasteiger partial charge in [-0.3, -0.25) is 4.68 Å². The Morgan fingerprint density at radius 3 is 2.95 bits per heavy atom. The second kappa shape index (κ2) is 6.53. The van der Waals surface area contributed by atoms with Gasteiger partial charge in [0.05, 0.1) is 18.4 Å². The fourth-order valence-electron chi connectivity index (χ4n) is 2.26. The van der Waals surface area contributed by atoms with Gasteiger partial charge in [-0.05, 0) is 31.2 Å². The summed E-state index contributed by atoms with van der Waals surface area (Å²) < 4.78 is 16.8. The zero-order chi connectivity index (χ0) is 15.4. The van der Waals surface area contributed by atoms with Gasteiger partial charge in [-0.1, -0.05) is 6.07 Å². The fourth-order valence-corrected chi connectivity index (χ4v) is 2.26. The van der Waals surface area contributed by atoms with Gasteiger partial charge in [0.15, 0.2) is 0 Å². The lowest BCUT2D eigenvalue weighted by Gasteiger charge is -2.12. The largest absolute Gasteiger partial charge is 0.308 e. The number of benzene rings is 1. The molecule has 1 aromatic carbocycles. The SMILES string of the molecule is CC(Cn1cccn1)NCc1cnn(-c2cccc(F)c2)c1. The standard InChI is InChI=1S/C16H18FN5/c1-13(11-21-7-3-6-19-21)18-9-14-10-20-22(12-14)16-5-2-4-15(17)8-16/h2-8,10,12-13,18H,9,11H2,1H3. The van der Waals surface area contributed by atoms with Crippen molar-refractivity contribution in [3.63, 3.8) is 0 Å². The van der Waals surface area contributed by atoms with Gasteiger partial charge in [0.2, 0.25) is 0 Å². The molecule has 0 bridgehead atoms. The summed E-state index contributed by atoms with van der Waals surface area (Å²) in [6.45, 7) is 3.63. The van der Waals surface area contributed by atoms with E-state index < -0.39 is 0 Å². The molecule has 1 atom stereocenters. The normalized spacial score (nSPS) is 12.5. The zero-order valence-electron chi connectivity index (χ0n) is 12.4. The van der Waals surface area contributed by atoms with Gasteiger partial charge >= 0.3 is 0 Å². The van der Waals surface area contributed by atoms with Crippen LogP contribution in [0.3, 0.4) is 0 Å². The summed E-state index contributed by atoms with van der Waals surface area (Å²) in [6.07, 6.45) is 7.41. The van der Waals surface area contributed by atoms with E-state index in [-0.39, 0.29) is 11.9 Å². The highest BCUT2D eigenvalue weighted by Gasteiger charge is 2.05. The molecule has 0 amide bonds. The Balaban J connectivity index is 1.58. The van der Waals surface area contributed by atoms with E-state index in [9.17, 15) is 4.39 Å². The lowest BCUT2D eigenvalue weighted by Crippen LogP contribution is -2.30. The molecule has 0 saturated heterocycles. The van der Waals surface area contributed by atoms with Crippen molar-refractivity contribution in [1.29, 1.82) is 0 Å². The highest BCUT2D eigenvalue weighted by Crippen LogP contribution is 2.10. The molecule has 2 aromatic heterocycles. The molecule has 3 rings (SSSR count). The summed E-state index contributed by atoms with van der Waals surface area (Å²) in [5, 5.41) is 11.9. The Bertz CT molecular complexity index is 720. The molecule has 6 heteroatoms. The van der Waals surface area contributed by atoms with Gasteiger partial charge in [0.1, 0.15) is 5.82 Å². The summed E-state index contributed by atoms with van der Waals surface area (Å²) >= 11 is 0. The minimum Gasteiger partial charge on any atom is -0.308 e. The molecule has 22 heavy (non-hydrogen) atoms. The van der Waals surface area contributed by atoms with Crippen molar-refractivity contribution in [2.24, 2.45) is 0 Å². The average molecular weight is 299 g/mol. The van der Waals surface area contributed by atoms with Crippen LogP contribution in [0.2, 0.25) is 0 Å². The second-order valence-corrected chi connectivity index (χ2v) is 5.28. The van der Waals surface area contributed by atoms with Crippen molar-refractivity contribution < 1.29 is 4.39 Å². The molecular formula is C16H18FN5. The van der Waals surface area contributed by atoms with Crippen molar-refractivity contribution in [3.05, 3.63) is 66.5 Å². The summed E-state index contributed by atoms with van der Waals surface area (Å²) in [6, 6.07) is 8.59. The first kappa shape index (κ1) is 14.5. The van der Waals surface area contributed by atoms with Crippen LogP contribution in [0.25, 0.3) is 5.69 Å². The number of nitrogens with one attached hydrogen (secondary N) is 1. The van der Waals surface area contributed by atoms with Gasteiger partial charge < -0.3 is 5.32 Å². The van der Waals surface area contributed by atoms with Gasteiger partial charge in [0.25, 0.3) is 0 Å². The molecule has 0 aliphatic rings. The van der Waals surface area contributed by atoms with E-state index in [4.69, 9.17) is 0 Å². The third-order valence-electron chi connectivity index (χ3n) is 3.38. The van der Waals surface area contributed by atoms with Crippen molar-refractivity contribution >= 4 is 0 Å². The maximum absolute atomic E-state index is 13.2. The predicted octanol–water partition coefficient (Wildman–Crippen LogP) is 2.39. The maximum Gasteiger partial charge on any atom is 0.125 e. The molecule has 0 aliphatic carbocycles. The molecule has 0 spiro atoms. The topological polar surface area (TPSA) is 47.7 Å². The number of rotatable bonds is 6. The number of hydrogen-bond acceptors (Lipinski definition) is 3. The van der Waals surface area contributed by atoms with Crippen LogP contribution in [0, 0.1) is 5.82 Å². The number of hydrogen-bond donors (Lipinski definition) is 1. The first-order valence-electron chi connectivity index (χ1n) is 7.21. The predicted molar refractivity (Wildman–Crippen MR) is 82.1 cm³/mol. The van der Waals surface area contributed by atoms with Crippen LogP contribution in [0.4, 0.5) is 4.39 Å². The number of halogens is 1. The third-order valence-corrected chi connectivity index (χ3v) is 3.38. The fraction of sp³-hybridized carbons (Fsp3) is 0.250. The highest BCUT2D eigenvalue weighted by molar-refractivity contribution is 5.31. The molecule has 0 aliphatic heterocycles. The Kier molecular flexibility index (Phi) is 4.29. The van der Waals surface area contributed by atoms with Gasteiger partial charge in [0, 0.05) is 36.7 Å². The lowest BCUT2D eigenvalue weighted by molar-refractivity contribution is 0.451. The molecule has 114 valence electrons. The van der Waals surface area contributed by atoms with Crippen LogP contribution in [0.15, 0.2) is 55.1 Å². The second-order valence-electron chi connectivity index (χ2n) is 5.28. The molecule has 2 heterocycles. The third kappa shape index (κ3) is 3.59. The summed E-state index contributed by atoms with van der Waals surface area (Å²) in [4.78, 5) is 0. The van der Waals surface area contributed by atoms with E-state index in [2.05, 4.69) is 22.4 Å².